The van der Waals surface area contributed by atoms with E-state index in [1.165, 1.54) is 6.92 Å². The first-order valence-corrected chi connectivity index (χ1v) is 3.60. The molecule has 1 rings (SSSR count). The maximum Gasteiger partial charge on any atom is 0.302 e. The van der Waals surface area contributed by atoms with Crippen LogP contribution in [0.15, 0.2) is 0 Å². The number of hydrogen-bond acceptors (Lipinski definition) is 4. The first kappa shape index (κ1) is 8.49. The van der Waals surface area contributed by atoms with E-state index in [1.807, 2.05) is 0 Å². The van der Waals surface area contributed by atoms with Crippen LogP contribution in [0, 0.1) is 0 Å². The third-order valence-corrected chi connectivity index (χ3v) is 1.65. The molecule has 1 heterocycles. The Hall–Kier alpha value is -0.610. The lowest BCUT2D eigenvalue weighted by atomic mass is 10.2. The fourth-order valence-electron chi connectivity index (χ4n) is 1.14. The summed E-state index contributed by atoms with van der Waals surface area (Å²) in [6, 6.07) is 0. The summed E-state index contributed by atoms with van der Waals surface area (Å²) in [5, 5.41) is 8.97. The molecule has 1 fully saturated rings. The van der Waals surface area contributed by atoms with Crippen molar-refractivity contribution in [2.75, 3.05) is 0 Å². The maximum atomic E-state index is 10.5. The van der Waals surface area contributed by atoms with E-state index in [2.05, 4.69) is 0 Å². The van der Waals surface area contributed by atoms with Gasteiger partial charge in [-0.15, -0.1) is 0 Å². The zero-order valence-corrected chi connectivity index (χ0v) is 6.61. The van der Waals surface area contributed by atoms with Gasteiger partial charge in [0.15, 0.2) is 6.29 Å². The van der Waals surface area contributed by atoms with Gasteiger partial charge < -0.3 is 14.6 Å². The average molecular weight is 160 g/mol. The lowest BCUT2D eigenvalue weighted by molar-refractivity contribution is -0.149. The Morgan fingerprint density at radius 2 is 2.36 bits per heavy atom. The summed E-state index contributed by atoms with van der Waals surface area (Å²) in [5.41, 5.74) is 0. The molecule has 11 heavy (non-hydrogen) atoms. The van der Waals surface area contributed by atoms with Gasteiger partial charge in [-0.2, -0.15) is 0 Å². The van der Waals surface area contributed by atoms with Crippen LogP contribution in [0.1, 0.15) is 20.3 Å². The minimum absolute atomic E-state index is 0.200. The van der Waals surface area contributed by atoms with Crippen molar-refractivity contribution in [3.05, 3.63) is 0 Å². The van der Waals surface area contributed by atoms with Crippen molar-refractivity contribution in [2.24, 2.45) is 0 Å². The highest BCUT2D eigenvalue weighted by molar-refractivity contribution is 5.66. The third kappa shape index (κ3) is 2.17. The Bertz CT molecular complexity index is 157. The summed E-state index contributed by atoms with van der Waals surface area (Å²) in [7, 11) is 0. The van der Waals surface area contributed by atoms with E-state index in [4.69, 9.17) is 14.6 Å². The Labute approximate surface area is 65.1 Å². The molecule has 3 unspecified atom stereocenters. The minimum atomic E-state index is -0.783. The van der Waals surface area contributed by atoms with Gasteiger partial charge in [-0.3, -0.25) is 4.79 Å². The zero-order chi connectivity index (χ0) is 8.43. The lowest BCUT2D eigenvalue weighted by Gasteiger charge is -2.12. The molecule has 1 N–H and O–H groups in total. The summed E-state index contributed by atoms with van der Waals surface area (Å²) < 4.78 is 9.82. The highest BCUT2D eigenvalue weighted by Gasteiger charge is 2.32. The average Bonchev–Trinajstić information content (AvgIpc) is 2.09. The smallest absolute Gasteiger partial charge is 0.302 e. The first-order chi connectivity index (χ1) is 5.09. The SMILES string of the molecule is CC(=O)OC1CC(O)OC1C. The number of aliphatic hydroxyl groups is 1. The van der Waals surface area contributed by atoms with E-state index in [0.717, 1.165) is 0 Å². The molecule has 0 spiro atoms. The van der Waals surface area contributed by atoms with Gasteiger partial charge in [-0.25, -0.2) is 0 Å². The molecule has 0 bridgehead atoms. The largest absolute Gasteiger partial charge is 0.460 e. The standard InChI is InChI=1S/C7H12O4/c1-4-6(11-5(2)8)3-7(9)10-4/h4,6-7,9H,3H2,1-2H3. The highest BCUT2D eigenvalue weighted by Crippen LogP contribution is 2.20. The summed E-state index contributed by atoms with van der Waals surface area (Å²) in [6.45, 7) is 3.11. The van der Waals surface area contributed by atoms with Gasteiger partial charge in [-0.05, 0) is 6.92 Å². The zero-order valence-electron chi connectivity index (χ0n) is 6.61. The Morgan fingerprint density at radius 1 is 1.73 bits per heavy atom. The number of ether oxygens (including phenoxy) is 2. The van der Waals surface area contributed by atoms with Gasteiger partial charge in [0, 0.05) is 13.3 Å². The molecule has 0 radical (unpaired) electrons. The van der Waals surface area contributed by atoms with Crippen molar-refractivity contribution in [2.45, 2.75) is 38.8 Å². The molecule has 64 valence electrons. The highest BCUT2D eigenvalue weighted by atomic mass is 16.6. The van der Waals surface area contributed by atoms with E-state index in [9.17, 15) is 4.79 Å². The van der Waals surface area contributed by atoms with Crippen LogP contribution >= 0.6 is 0 Å². The fraction of sp³-hybridized carbons (Fsp3) is 0.857. The van der Waals surface area contributed by atoms with E-state index < -0.39 is 6.29 Å². The summed E-state index contributed by atoms with van der Waals surface area (Å²) in [5.74, 6) is -0.334. The normalized spacial score (nSPS) is 37.2. The molecular weight excluding hydrogens is 148 g/mol. The Balaban J connectivity index is 2.40. The second-order valence-corrected chi connectivity index (χ2v) is 2.68. The summed E-state index contributed by atoms with van der Waals surface area (Å²) >= 11 is 0. The predicted molar refractivity (Wildman–Crippen MR) is 36.7 cm³/mol. The Kier molecular flexibility index (Phi) is 2.46. The van der Waals surface area contributed by atoms with Crippen LogP contribution in [0.4, 0.5) is 0 Å². The molecule has 0 aromatic heterocycles. The number of aliphatic hydroxyl groups excluding tert-OH is 1. The molecule has 4 nitrogen and oxygen atoms in total. The van der Waals surface area contributed by atoms with Gasteiger partial charge in [-0.1, -0.05) is 0 Å². The first-order valence-electron chi connectivity index (χ1n) is 3.60. The van der Waals surface area contributed by atoms with Crippen molar-refractivity contribution < 1.29 is 19.4 Å². The van der Waals surface area contributed by atoms with Gasteiger partial charge in [0.05, 0.1) is 6.10 Å². The molecule has 0 amide bonds. The molecule has 0 aromatic rings. The van der Waals surface area contributed by atoms with Crippen molar-refractivity contribution in [1.82, 2.24) is 0 Å². The van der Waals surface area contributed by atoms with Crippen LogP contribution in [0.2, 0.25) is 0 Å². The monoisotopic (exact) mass is 160 g/mol. The molecular formula is C7H12O4. The molecule has 0 saturated carbocycles. The number of rotatable bonds is 1. The topological polar surface area (TPSA) is 55.8 Å². The summed E-state index contributed by atoms with van der Waals surface area (Å²) in [6.07, 6.45) is -0.897. The summed E-state index contributed by atoms with van der Waals surface area (Å²) in [4.78, 5) is 10.5. The molecule has 4 heteroatoms. The van der Waals surface area contributed by atoms with Gasteiger partial charge in [0.2, 0.25) is 0 Å². The molecule has 0 aromatic carbocycles. The van der Waals surface area contributed by atoms with E-state index in [0.29, 0.717) is 6.42 Å². The van der Waals surface area contributed by atoms with Crippen LogP contribution in [-0.4, -0.2) is 29.6 Å². The van der Waals surface area contributed by atoms with Crippen LogP contribution in [0.25, 0.3) is 0 Å². The number of carbonyl (C=O) groups is 1. The number of esters is 1. The van der Waals surface area contributed by atoms with Crippen molar-refractivity contribution in [3.8, 4) is 0 Å². The second kappa shape index (κ2) is 3.19. The molecule has 1 saturated heterocycles. The van der Waals surface area contributed by atoms with Crippen LogP contribution < -0.4 is 0 Å². The minimum Gasteiger partial charge on any atom is -0.460 e. The third-order valence-electron chi connectivity index (χ3n) is 1.65. The quantitative estimate of drug-likeness (QED) is 0.550. The Morgan fingerprint density at radius 3 is 2.73 bits per heavy atom. The van der Waals surface area contributed by atoms with Gasteiger partial charge in [0.25, 0.3) is 0 Å². The van der Waals surface area contributed by atoms with E-state index >= 15 is 0 Å². The van der Waals surface area contributed by atoms with Crippen LogP contribution in [0.5, 0.6) is 0 Å². The van der Waals surface area contributed by atoms with E-state index in [-0.39, 0.29) is 18.2 Å². The van der Waals surface area contributed by atoms with Crippen molar-refractivity contribution in [1.29, 1.82) is 0 Å². The molecule has 1 aliphatic rings. The van der Waals surface area contributed by atoms with Crippen LogP contribution in [0.3, 0.4) is 0 Å². The van der Waals surface area contributed by atoms with Crippen molar-refractivity contribution >= 4 is 5.97 Å². The number of hydrogen-bond donors (Lipinski definition) is 1. The van der Waals surface area contributed by atoms with Gasteiger partial charge >= 0.3 is 5.97 Å². The fourth-order valence-corrected chi connectivity index (χ4v) is 1.14. The molecule has 3 atom stereocenters. The molecule has 0 aliphatic carbocycles. The lowest BCUT2D eigenvalue weighted by Crippen LogP contribution is -2.23. The predicted octanol–water partition coefficient (Wildman–Crippen LogP) is 0.0453. The maximum absolute atomic E-state index is 10.5. The second-order valence-electron chi connectivity index (χ2n) is 2.68. The van der Waals surface area contributed by atoms with E-state index in [1.54, 1.807) is 6.92 Å². The van der Waals surface area contributed by atoms with Crippen molar-refractivity contribution in [3.63, 3.8) is 0 Å². The molecule has 1 aliphatic heterocycles. The van der Waals surface area contributed by atoms with Gasteiger partial charge in [0.1, 0.15) is 6.10 Å². The van der Waals surface area contributed by atoms with Crippen LogP contribution in [-0.2, 0) is 14.3 Å². The number of carbonyl (C=O) groups excluding carboxylic acids is 1.